The molecule has 0 bridgehead atoms. The van der Waals surface area contributed by atoms with Crippen LogP contribution in [0.2, 0.25) is 0 Å². The monoisotopic (exact) mass is 502 g/mol. The normalized spacial score (nSPS) is 14.5. The molecule has 29 heavy (non-hydrogen) atoms. The molecule has 0 aliphatic carbocycles. The third-order valence-electron chi connectivity index (χ3n) is 2.52. The molecule has 0 radical (unpaired) electrons. The smallest absolute Gasteiger partial charge is 0.0638 e. The number of aliphatic hydroxyl groups is 4. The van der Waals surface area contributed by atoms with Crippen molar-refractivity contribution in [3.8, 4) is 0 Å². The quantitative estimate of drug-likeness (QED) is 0.359. The molecule has 0 aromatic carbocycles. The molecule has 0 rings (SSSR count). The van der Waals surface area contributed by atoms with Crippen molar-refractivity contribution in [1.82, 2.24) is 19.6 Å². The first-order chi connectivity index (χ1) is 12.5. The molecule has 8 nitrogen and oxygen atoms in total. The van der Waals surface area contributed by atoms with E-state index in [1.807, 2.05) is 76.0 Å². The van der Waals surface area contributed by atoms with Gasteiger partial charge in [0.2, 0.25) is 0 Å². The van der Waals surface area contributed by atoms with Crippen molar-refractivity contribution in [2.24, 2.45) is 0 Å². The Hall–Kier alpha value is 0.563. The molecule has 0 heterocycles. The van der Waals surface area contributed by atoms with E-state index in [1.54, 1.807) is 27.7 Å². The Morgan fingerprint density at radius 3 is 0.517 bits per heavy atom. The minimum absolute atomic E-state index is 0. The largest absolute Gasteiger partial charge is 0.392 e. The van der Waals surface area contributed by atoms with Crippen molar-refractivity contribution in [3.63, 3.8) is 0 Å². The zero-order chi connectivity index (χ0) is 23.4. The SMILES string of the molecule is CC(O)CN(C)C.CC(O)CN(C)C.CC(O)CN(C)C.CC(O)CN(C)C.[Zr]. The molecule has 0 saturated carbocycles. The zero-order valence-corrected chi connectivity index (χ0v) is 23.7. The average Bonchev–Trinajstić information content (AvgIpc) is 2.32. The molecule has 4 atom stereocenters. The van der Waals surface area contributed by atoms with E-state index in [2.05, 4.69) is 0 Å². The molecule has 0 saturated heterocycles. The van der Waals surface area contributed by atoms with Crippen LogP contribution in [0.25, 0.3) is 0 Å². The van der Waals surface area contributed by atoms with Crippen LogP contribution in [0.15, 0.2) is 0 Å². The van der Waals surface area contributed by atoms with E-state index in [9.17, 15) is 0 Å². The van der Waals surface area contributed by atoms with Crippen LogP contribution in [0.3, 0.4) is 0 Å². The predicted molar refractivity (Wildman–Crippen MR) is 121 cm³/mol. The van der Waals surface area contributed by atoms with E-state index in [-0.39, 0.29) is 50.6 Å². The number of hydrogen-bond acceptors (Lipinski definition) is 8. The van der Waals surface area contributed by atoms with E-state index < -0.39 is 0 Å². The fourth-order valence-corrected chi connectivity index (χ4v) is 2.11. The maximum absolute atomic E-state index is 8.68. The number of aliphatic hydroxyl groups excluding tert-OH is 4. The van der Waals surface area contributed by atoms with Crippen molar-refractivity contribution in [1.29, 1.82) is 0 Å². The van der Waals surface area contributed by atoms with E-state index in [4.69, 9.17) is 20.4 Å². The summed E-state index contributed by atoms with van der Waals surface area (Å²) in [5.74, 6) is 0. The first-order valence-corrected chi connectivity index (χ1v) is 9.82. The van der Waals surface area contributed by atoms with Gasteiger partial charge in [0.25, 0.3) is 0 Å². The molecule has 180 valence electrons. The van der Waals surface area contributed by atoms with Gasteiger partial charge < -0.3 is 40.0 Å². The number of rotatable bonds is 8. The Bertz CT molecular complexity index is 212. The summed E-state index contributed by atoms with van der Waals surface area (Å²) < 4.78 is 0. The first-order valence-electron chi connectivity index (χ1n) is 9.82. The van der Waals surface area contributed by atoms with Gasteiger partial charge in [0.1, 0.15) is 0 Å². The van der Waals surface area contributed by atoms with Crippen molar-refractivity contribution in [3.05, 3.63) is 0 Å². The Labute approximate surface area is 200 Å². The molecule has 0 fully saturated rings. The van der Waals surface area contributed by atoms with Gasteiger partial charge in [-0.2, -0.15) is 0 Å². The van der Waals surface area contributed by atoms with Crippen LogP contribution < -0.4 is 0 Å². The molecule has 9 heteroatoms. The van der Waals surface area contributed by atoms with Gasteiger partial charge in [-0.25, -0.2) is 0 Å². The third-order valence-corrected chi connectivity index (χ3v) is 2.52. The van der Waals surface area contributed by atoms with E-state index in [0.717, 1.165) is 26.2 Å². The molecule has 0 aliphatic rings. The summed E-state index contributed by atoms with van der Waals surface area (Å²) in [6.45, 7) is 10.1. The van der Waals surface area contributed by atoms with Crippen LogP contribution in [-0.4, -0.2) is 147 Å². The Morgan fingerprint density at radius 2 is 0.517 bits per heavy atom. The second-order valence-electron chi connectivity index (χ2n) is 8.45. The van der Waals surface area contributed by atoms with Crippen LogP contribution in [-0.2, 0) is 26.2 Å². The molecule has 0 aromatic heterocycles. The van der Waals surface area contributed by atoms with Crippen LogP contribution >= 0.6 is 0 Å². The average molecular weight is 504 g/mol. The molecule has 4 N–H and O–H groups in total. The molecule has 0 aliphatic heterocycles. The van der Waals surface area contributed by atoms with Crippen LogP contribution in [0.4, 0.5) is 0 Å². The molecule has 0 amide bonds. The fraction of sp³-hybridized carbons (Fsp3) is 1.00. The number of nitrogens with zero attached hydrogens (tertiary/aromatic N) is 4. The summed E-state index contributed by atoms with van der Waals surface area (Å²) >= 11 is 0. The Kier molecular flexibility index (Phi) is 36.7. The molecular formula is C20H52N4O4Zr. The molecule has 4 unspecified atom stereocenters. The predicted octanol–water partition coefficient (Wildman–Crippen LogP) is -0.287. The molecular weight excluding hydrogens is 451 g/mol. The van der Waals surface area contributed by atoms with Crippen molar-refractivity contribution >= 4 is 0 Å². The van der Waals surface area contributed by atoms with Gasteiger partial charge in [-0.05, 0) is 84.1 Å². The van der Waals surface area contributed by atoms with Crippen LogP contribution in [0.1, 0.15) is 27.7 Å². The summed E-state index contributed by atoms with van der Waals surface area (Å²) in [6, 6.07) is 0. The molecule has 0 spiro atoms. The Balaban J connectivity index is -0.0000000873. The van der Waals surface area contributed by atoms with Gasteiger partial charge in [-0.15, -0.1) is 0 Å². The van der Waals surface area contributed by atoms with Gasteiger partial charge in [0.05, 0.1) is 24.4 Å². The topological polar surface area (TPSA) is 93.9 Å². The van der Waals surface area contributed by atoms with Gasteiger partial charge in [0, 0.05) is 52.4 Å². The minimum atomic E-state index is -0.199. The Morgan fingerprint density at radius 1 is 0.414 bits per heavy atom. The van der Waals surface area contributed by atoms with Crippen LogP contribution in [0.5, 0.6) is 0 Å². The zero-order valence-electron chi connectivity index (χ0n) is 21.2. The van der Waals surface area contributed by atoms with Gasteiger partial charge in [-0.3, -0.25) is 0 Å². The third kappa shape index (κ3) is 73.5. The summed E-state index contributed by atoms with van der Waals surface area (Å²) in [5.41, 5.74) is 0. The van der Waals surface area contributed by atoms with Crippen molar-refractivity contribution < 1.29 is 46.6 Å². The summed E-state index contributed by atoms with van der Waals surface area (Å²) in [6.07, 6.45) is -0.796. The summed E-state index contributed by atoms with van der Waals surface area (Å²) in [4.78, 5) is 7.80. The van der Waals surface area contributed by atoms with Crippen molar-refractivity contribution in [2.45, 2.75) is 52.1 Å². The number of hydrogen-bond donors (Lipinski definition) is 4. The summed E-state index contributed by atoms with van der Waals surface area (Å²) in [5, 5.41) is 34.7. The summed E-state index contributed by atoms with van der Waals surface area (Å²) in [7, 11) is 15.5. The second kappa shape index (κ2) is 26.6. The van der Waals surface area contributed by atoms with E-state index >= 15 is 0 Å². The van der Waals surface area contributed by atoms with Gasteiger partial charge in [0.15, 0.2) is 0 Å². The van der Waals surface area contributed by atoms with Crippen LogP contribution in [0, 0.1) is 0 Å². The second-order valence-corrected chi connectivity index (χ2v) is 8.45. The van der Waals surface area contributed by atoms with E-state index in [1.165, 1.54) is 0 Å². The fourth-order valence-electron chi connectivity index (χ4n) is 2.11. The molecule has 0 aromatic rings. The maximum atomic E-state index is 8.68. The number of likely N-dealkylation sites (N-methyl/N-ethyl adjacent to an activating group) is 4. The van der Waals surface area contributed by atoms with Crippen molar-refractivity contribution in [2.75, 3.05) is 82.6 Å². The minimum Gasteiger partial charge on any atom is -0.392 e. The first kappa shape index (κ1) is 40.0. The van der Waals surface area contributed by atoms with Gasteiger partial charge in [-0.1, -0.05) is 0 Å². The van der Waals surface area contributed by atoms with E-state index in [0.29, 0.717) is 0 Å². The van der Waals surface area contributed by atoms with Gasteiger partial charge >= 0.3 is 0 Å². The standard InChI is InChI=1S/4C5H13NO.Zr/c4*1-5(7)4-6(2)3;/h4*5,7H,4H2,1-3H3;. The maximum Gasteiger partial charge on any atom is 0.0638 e.